The van der Waals surface area contributed by atoms with E-state index in [-0.39, 0.29) is 0 Å². The van der Waals surface area contributed by atoms with Gasteiger partial charge in [-0.3, -0.25) is 0 Å². The number of aromatic amines is 1. The minimum absolute atomic E-state index is 0.444. The number of para-hydroxylation sites is 1. The van der Waals surface area contributed by atoms with E-state index in [1.807, 2.05) is 24.3 Å². The molecule has 0 saturated heterocycles. The van der Waals surface area contributed by atoms with Crippen LogP contribution in [-0.2, 0) is 0 Å². The number of fused-ring (bicyclic) bond motifs is 3. The van der Waals surface area contributed by atoms with E-state index in [1.54, 1.807) is 13.1 Å². The first-order valence-electron chi connectivity index (χ1n) is 5.17. The molecule has 2 heterocycles. The second-order valence-corrected chi connectivity index (χ2v) is 3.84. The van der Waals surface area contributed by atoms with Crippen LogP contribution in [0.1, 0.15) is 18.9 Å². The van der Waals surface area contributed by atoms with Crippen molar-refractivity contribution in [2.45, 2.75) is 13.0 Å². The predicted octanol–water partition coefficient (Wildman–Crippen LogP) is 2.16. The van der Waals surface area contributed by atoms with Crippen molar-refractivity contribution in [1.82, 2.24) is 15.0 Å². The van der Waals surface area contributed by atoms with Crippen molar-refractivity contribution in [2.24, 2.45) is 0 Å². The van der Waals surface area contributed by atoms with Crippen molar-refractivity contribution in [3.8, 4) is 0 Å². The third-order valence-electron chi connectivity index (χ3n) is 2.65. The minimum Gasteiger partial charge on any atom is -0.385 e. The van der Waals surface area contributed by atoms with Gasteiger partial charge in [-0.2, -0.15) is 0 Å². The first-order chi connectivity index (χ1) is 7.75. The maximum Gasteiger partial charge on any atom is 0.158 e. The van der Waals surface area contributed by atoms with E-state index in [2.05, 4.69) is 15.0 Å². The van der Waals surface area contributed by atoms with E-state index >= 15 is 0 Å². The Morgan fingerprint density at radius 1 is 1.25 bits per heavy atom. The standard InChI is InChI=1S/C12H11N3O/c1-7(16)11-13-6-9-8-4-2-3-5-10(8)14-12(9)15-11/h2-7,16H,1H3,(H,13,14,15). The van der Waals surface area contributed by atoms with Crippen molar-refractivity contribution < 1.29 is 5.11 Å². The average Bonchev–Trinajstić information content (AvgIpc) is 2.66. The molecule has 1 atom stereocenters. The number of nitrogens with one attached hydrogen (secondary N) is 1. The Labute approximate surface area is 92.0 Å². The van der Waals surface area contributed by atoms with Crippen molar-refractivity contribution in [3.05, 3.63) is 36.3 Å². The molecule has 0 aliphatic carbocycles. The molecule has 3 rings (SSSR count). The molecule has 4 heteroatoms. The zero-order chi connectivity index (χ0) is 11.1. The monoisotopic (exact) mass is 213 g/mol. The van der Waals surface area contributed by atoms with Gasteiger partial charge in [-0.05, 0) is 13.0 Å². The summed E-state index contributed by atoms with van der Waals surface area (Å²) in [7, 11) is 0. The Kier molecular flexibility index (Phi) is 1.91. The van der Waals surface area contributed by atoms with Gasteiger partial charge in [-0.15, -0.1) is 0 Å². The Morgan fingerprint density at radius 3 is 2.88 bits per heavy atom. The fourth-order valence-electron chi connectivity index (χ4n) is 1.84. The number of nitrogens with zero attached hydrogens (tertiary/aromatic N) is 2. The van der Waals surface area contributed by atoms with Gasteiger partial charge < -0.3 is 10.1 Å². The lowest BCUT2D eigenvalue weighted by atomic mass is 10.2. The molecule has 3 aromatic rings. The number of benzene rings is 1. The molecular weight excluding hydrogens is 202 g/mol. The summed E-state index contributed by atoms with van der Waals surface area (Å²) < 4.78 is 0. The van der Waals surface area contributed by atoms with Crippen LogP contribution >= 0.6 is 0 Å². The number of aliphatic hydroxyl groups is 1. The molecule has 0 aliphatic heterocycles. The van der Waals surface area contributed by atoms with Gasteiger partial charge >= 0.3 is 0 Å². The number of aromatic nitrogens is 3. The third-order valence-corrected chi connectivity index (χ3v) is 2.65. The van der Waals surface area contributed by atoms with Crippen LogP contribution in [0.3, 0.4) is 0 Å². The van der Waals surface area contributed by atoms with Crippen molar-refractivity contribution in [3.63, 3.8) is 0 Å². The summed E-state index contributed by atoms with van der Waals surface area (Å²) >= 11 is 0. The topological polar surface area (TPSA) is 61.8 Å². The molecule has 0 aliphatic rings. The van der Waals surface area contributed by atoms with Crippen LogP contribution in [0.5, 0.6) is 0 Å². The average molecular weight is 213 g/mol. The van der Waals surface area contributed by atoms with Crippen molar-refractivity contribution in [1.29, 1.82) is 0 Å². The molecule has 16 heavy (non-hydrogen) atoms. The second kappa shape index (κ2) is 3.28. The Bertz CT molecular complexity index is 657. The maximum atomic E-state index is 9.42. The van der Waals surface area contributed by atoms with E-state index in [9.17, 15) is 5.11 Å². The fraction of sp³-hybridized carbons (Fsp3) is 0.167. The highest BCUT2D eigenvalue weighted by Crippen LogP contribution is 2.23. The van der Waals surface area contributed by atoms with Crippen LogP contribution in [-0.4, -0.2) is 20.1 Å². The first-order valence-corrected chi connectivity index (χ1v) is 5.17. The number of hydrogen-bond donors (Lipinski definition) is 2. The Hall–Kier alpha value is -1.94. The van der Waals surface area contributed by atoms with Gasteiger partial charge in [0, 0.05) is 22.5 Å². The van der Waals surface area contributed by atoms with Crippen LogP contribution in [0.4, 0.5) is 0 Å². The van der Waals surface area contributed by atoms with E-state index in [4.69, 9.17) is 0 Å². The molecule has 0 spiro atoms. The lowest BCUT2D eigenvalue weighted by Gasteiger charge is -2.00. The van der Waals surface area contributed by atoms with Crippen molar-refractivity contribution in [2.75, 3.05) is 0 Å². The molecule has 0 amide bonds. The zero-order valence-electron chi connectivity index (χ0n) is 8.81. The van der Waals surface area contributed by atoms with Gasteiger partial charge in [0.25, 0.3) is 0 Å². The van der Waals surface area contributed by atoms with Crippen molar-refractivity contribution >= 4 is 21.9 Å². The fourth-order valence-corrected chi connectivity index (χ4v) is 1.84. The Balaban J connectivity index is 2.37. The summed E-state index contributed by atoms with van der Waals surface area (Å²) in [6.07, 6.45) is 1.11. The highest BCUT2D eigenvalue weighted by Gasteiger charge is 2.09. The first kappa shape index (κ1) is 9.30. The quantitative estimate of drug-likeness (QED) is 0.651. The molecule has 0 radical (unpaired) electrons. The molecule has 2 aromatic heterocycles. The van der Waals surface area contributed by atoms with Gasteiger partial charge in [0.05, 0.1) is 0 Å². The van der Waals surface area contributed by atoms with Crippen LogP contribution in [0.2, 0.25) is 0 Å². The molecule has 1 unspecified atom stereocenters. The second-order valence-electron chi connectivity index (χ2n) is 3.84. The number of H-pyrrole nitrogens is 1. The summed E-state index contributed by atoms with van der Waals surface area (Å²) in [5, 5.41) is 11.5. The lowest BCUT2D eigenvalue weighted by Crippen LogP contribution is -1.98. The summed E-state index contributed by atoms with van der Waals surface area (Å²) in [5.74, 6) is 0.444. The van der Waals surface area contributed by atoms with Gasteiger partial charge in [0.1, 0.15) is 11.8 Å². The Morgan fingerprint density at radius 2 is 2.06 bits per heavy atom. The summed E-state index contributed by atoms with van der Waals surface area (Å²) in [5.41, 5.74) is 1.81. The van der Waals surface area contributed by atoms with Crippen LogP contribution in [0.25, 0.3) is 21.9 Å². The zero-order valence-corrected chi connectivity index (χ0v) is 8.81. The molecule has 0 fully saturated rings. The summed E-state index contributed by atoms with van der Waals surface area (Å²) in [4.78, 5) is 11.7. The maximum absolute atomic E-state index is 9.42. The van der Waals surface area contributed by atoms with Crippen LogP contribution in [0.15, 0.2) is 30.5 Å². The molecule has 0 bridgehead atoms. The molecule has 1 aromatic carbocycles. The summed E-state index contributed by atoms with van der Waals surface area (Å²) in [6, 6.07) is 7.98. The molecule has 0 saturated carbocycles. The van der Waals surface area contributed by atoms with E-state index < -0.39 is 6.10 Å². The molecular formula is C12H11N3O. The normalized spacial score (nSPS) is 13.4. The third kappa shape index (κ3) is 1.27. The van der Waals surface area contributed by atoms with E-state index in [0.717, 1.165) is 21.9 Å². The lowest BCUT2D eigenvalue weighted by molar-refractivity contribution is 0.189. The van der Waals surface area contributed by atoms with Crippen LogP contribution in [0, 0.1) is 0 Å². The smallest absolute Gasteiger partial charge is 0.158 e. The van der Waals surface area contributed by atoms with E-state index in [1.165, 1.54) is 0 Å². The highest BCUT2D eigenvalue weighted by molar-refractivity contribution is 6.05. The number of aliphatic hydroxyl groups excluding tert-OH is 1. The van der Waals surface area contributed by atoms with Crippen LogP contribution < -0.4 is 0 Å². The molecule has 80 valence electrons. The predicted molar refractivity (Wildman–Crippen MR) is 62.0 cm³/mol. The SMILES string of the molecule is CC(O)c1ncc2c(n1)[nH]c1ccccc12. The molecule has 4 nitrogen and oxygen atoms in total. The number of rotatable bonds is 1. The van der Waals surface area contributed by atoms with Gasteiger partial charge in [-0.1, -0.05) is 18.2 Å². The molecule has 2 N–H and O–H groups in total. The summed E-state index contributed by atoms with van der Waals surface area (Å²) in [6.45, 7) is 1.66. The largest absolute Gasteiger partial charge is 0.385 e. The van der Waals surface area contributed by atoms with Gasteiger partial charge in [0.2, 0.25) is 0 Å². The van der Waals surface area contributed by atoms with Gasteiger partial charge in [-0.25, -0.2) is 9.97 Å². The van der Waals surface area contributed by atoms with Gasteiger partial charge in [0.15, 0.2) is 5.82 Å². The minimum atomic E-state index is -0.643. The highest BCUT2D eigenvalue weighted by atomic mass is 16.3. The van der Waals surface area contributed by atoms with E-state index in [0.29, 0.717) is 5.82 Å². The number of hydrogen-bond acceptors (Lipinski definition) is 3.